The number of ether oxygens (including phenoxy) is 1. The third-order valence-corrected chi connectivity index (χ3v) is 2.87. The molecule has 0 aliphatic rings. The van der Waals surface area contributed by atoms with E-state index in [0.29, 0.717) is 17.9 Å². The molecule has 0 aliphatic carbocycles. The molecule has 1 aromatic carbocycles. The lowest BCUT2D eigenvalue weighted by atomic mass is 10.1. The number of rotatable bonds is 6. The predicted octanol–water partition coefficient (Wildman–Crippen LogP) is 1.46. The summed E-state index contributed by atoms with van der Waals surface area (Å²) in [5.74, 6) is -0.679. The van der Waals surface area contributed by atoms with Crippen LogP contribution in [-0.2, 0) is 4.79 Å². The predicted molar refractivity (Wildman–Crippen MR) is 76.3 cm³/mol. The van der Waals surface area contributed by atoms with Crippen molar-refractivity contribution in [2.24, 2.45) is 5.73 Å². The molecular formula is C14H20FN3O3. The van der Waals surface area contributed by atoms with Crippen LogP contribution in [0.5, 0.6) is 5.75 Å². The molecule has 1 rings (SSSR count). The Labute approximate surface area is 122 Å². The monoisotopic (exact) mass is 297 g/mol. The molecule has 0 saturated carbocycles. The van der Waals surface area contributed by atoms with E-state index < -0.39 is 23.9 Å². The number of primary amides is 1. The van der Waals surface area contributed by atoms with Gasteiger partial charge >= 0.3 is 6.03 Å². The number of hydrogen-bond acceptors (Lipinski definition) is 4. The maximum Gasteiger partial charge on any atom is 0.318 e. The Morgan fingerprint density at radius 1 is 1.38 bits per heavy atom. The Balaban J connectivity index is 2.91. The van der Waals surface area contributed by atoms with Crippen molar-refractivity contribution in [1.82, 2.24) is 10.6 Å². The van der Waals surface area contributed by atoms with Crippen LogP contribution in [0.3, 0.4) is 0 Å². The molecule has 0 aliphatic heterocycles. The highest BCUT2D eigenvalue weighted by molar-refractivity contribution is 5.95. The van der Waals surface area contributed by atoms with Gasteiger partial charge in [-0.05, 0) is 38.6 Å². The van der Waals surface area contributed by atoms with E-state index in [-0.39, 0.29) is 6.04 Å². The lowest BCUT2D eigenvalue weighted by Gasteiger charge is -2.20. The van der Waals surface area contributed by atoms with Crippen molar-refractivity contribution in [3.63, 3.8) is 0 Å². The molecule has 4 N–H and O–H groups in total. The van der Waals surface area contributed by atoms with Gasteiger partial charge in [-0.3, -0.25) is 10.1 Å². The molecule has 1 aromatic rings. The van der Waals surface area contributed by atoms with Gasteiger partial charge in [0.2, 0.25) is 0 Å². The molecule has 21 heavy (non-hydrogen) atoms. The maximum atomic E-state index is 13.4. The van der Waals surface area contributed by atoms with E-state index in [9.17, 15) is 14.0 Å². The first-order valence-electron chi connectivity index (χ1n) is 6.65. The summed E-state index contributed by atoms with van der Waals surface area (Å²) in [4.78, 5) is 22.3. The number of carbonyl (C=O) groups excluding carboxylic acids is 2. The molecule has 0 aromatic heterocycles. The van der Waals surface area contributed by atoms with Crippen molar-refractivity contribution < 1.29 is 18.7 Å². The fourth-order valence-corrected chi connectivity index (χ4v) is 1.85. The molecule has 116 valence electrons. The number of hydrogen-bond donors (Lipinski definition) is 3. The molecule has 2 unspecified atom stereocenters. The fourth-order valence-electron chi connectivity index (χ4n) is 1.85. The van der Waals surface area contributed by atoms with Crippen LogP contribution in [0.1, 0.15) is 32.4 Å². The fraction of sp³-hybridized carbons (Fsp3) is 0.429. The summed E-state index contributed by atoms with van der Waals surface area (Å²) in [7, 11) is 0. The molecular weight excluding hydrogens is 277 g/mol. The van der Waals surface area contributed by atoms with E-state index in [1.54, 1.807) is 0 Å². The molecule has 2 atom stereocenters. The van der Waals surface area contributed by atoms with Crippen molar-refractivity contribution in [1.29, 1.82) is 0 Å². The maximum absolute atomic E-state index is 13.4. The van der Waals surface area contributed by atoms with Crippen molar-refractivity contribution in [2.45, 2.75) is 32.9 Å². The topological polar surface area (TPSA) is 93.4 Å². The number of imide groups is 1. The number of nitrogens with one attached hydrogen (secondary N) is 2. The summed E-state index contributed by atoms with van der Waals surface area (Å²) in [5, 5.41) is 5.08. The zero-order chi connectivity index (χ0) is 16.0. The van der Waals surface area contributed by atoms with Gasteiger partial charge in [-0.15, -0.1) is 0 Å². The van der Waals surface area contributed by atoms with Gasteiger partial charge in [0.1, 0.15) is 11.6 Å². The van der Waals surface area contributed by atoms with E-state index in [4.69, 9.17) is 10.5 Å². The van der Waals surface area contributed by atoms with E-state index in [0.717, 1.165) is 0 Å². The van der Waals surface area contributed by atoms with Crippen LogP contribution in [0.2, 0.25) is 0 Å². The summed E-state index contributed by atoms with van der Waals surface area (Å²) in [6.45, 7) is 5.97. The van der Waals surface area contributed by atoms with Gasteiger partial charge in [-0.1, -0.05) is 6.92 Å². The van der Waals surface area contributed by atoms with Gasteiger partial charge < -0.3 is 15.8 Å². The molecule has 7 heteroatoms. The largest absolute Gasteiger partial charge is 0.481 e. The SMILES string of the molecule is CCNC(C)c1cc(F)ccc1OC(C)C(=O)NC(N)=O. The number of halogens is 1. The van der Waals surface area contributed by atoms with Crippen molar-refractivity contribution in [2.75, 3.05) is 6.54 Å². The van der Waals surface area contributed by atoms with Crippen LogP contribution in [-0.4, -0.2) is 24.6 Å². The Morgan fingerprint density at radius 3 is 2.62 bits per heavy atom. The molecule has 0 spiro atoms. The molecule has 0 heterocycles. The second-order valence-corrected chi connectivity index (χ2v) is 4.58. The van der Waals surface area contributed by atoms with Crippen molar-refractivity contribution in [3.8, 4) is 5.75 Å². The van der Waals surface area contributed by atoms with Crippen LogP contribution in [0.25, 0.3) is 0 Å². The number of benzene rings is 1. The first kappa shape index (κ1) is 16.9. The lowest BCUT2D eigenvalue weighted by molar-refractivity contribution is -0.126. The zero-order valence-electron chi connectivity index (χ0n) is 12.3. The number of amides is 3. The van der Waals surface area contributed by atoms with Gasteiger partial charge in [0, 0.05) is 11.6 Å². The number of urea groups is 1. The standard InChI is InChI=1S/C14H20FN3O3/c1-4-17-8(2)11-7-10(15)5-6-12(11)21-9(3)13(19)18-14(16)20/h5-9,17H,4H2,1-3H3,(H3,16,18,19,20). The molecule has 3 amide bonds. The van der Waals surface area contributed by atoms with E-state index in [1.165, 1.54) is 25.1 Å². The Hall–Kier alpha value is -2.15. The third-order valence-electron chi connectivity index (χ3n) is 2.87. The van der Waals surface area contributed by atoms with Crippen LogP contribution in [0.4, 0.5) is 9.18 Å². The summed E-state index contributed by atoms with van der Waals surface area (Å²) in [5.41, 5.74) is 5.47. The van der Waals surface area contributed by atoms with Crippen LogP contribution in [0, 0.1) is 5.82 Å². The Bertz CT molecular complexity index is 522. The zero-order valence-corrected chi connectivity index (χ0v) is 12.3. The normalized spacial score (nSPS) is 13.3. The summed E-state index contributed by atoms with van der Waals surface area (Å²) >= 11 is 0. The van der Waals surface area contributed by atoms with Gasteiger partial charge in [0.25, 0.3) is 5.91 Å². The molecule has 0 radical (unpaired) electrons. The molecule has 0 saturated heterocycles. The molecule has 6 nitrogen and oxygen atoms in total. The van der Waals surface area contributed by atoms with Gasteiger partial charge in [0.05, 0.1) is 0 Å². The summed E-state index contributed by atoms with van der Waals surface area (Å²) < 4.78 is 18.9. The first-order chi connectivity index (χ1) is 9.85. The summed E-state index contributed by atoms with van der Waals surface area (Å²) in [6, 6.07) is 2.95. The minimum absolute atomic E-state index is 0.146. The minimum atomic E-state index is -0.948. The van der Waals surface area contributed by atoms with Crippen LogP contribution < -0.4 is 21.1 Å². The van der Waals surface area contributed by atoms with E-state index in [1.807, 2.05) is 19.2 Å². The first-order valence-corrected chi connectivity index (χ1v) is 6.65. The van der Waals surface area contributed by atoms with Crippen LogP contribution >= 0.6 is 0 Å². The average Bonchev–Trinajstić information content (AvgIpc) is 2.40. The second-order valence-electron chi connectivity index (χ2n) is 4.58. The van der Waals surface area contributed by atoms with E-state index >= 15 is 0 Å². The van der Waals surface area contributed by atoms with Gasteiger partial charge in [-0.25, -0.2) is 9.18 Å². The summed E-state index contributed by atoms with van der Waals surface area (Å²) in [6.07, 6.45) is -0.935. The Kier molecular flexibility index (Phi) is 6.10. The minimum Gasteiger partial charge on any atom is -0.481 e. The highest BCUT2D eigenvalue weighted by Gasteiger charge is 2.19. The lowest BCUT2D eigenvalue weighted by Crippen LogP contribution is -2.42. The number of carbonyl (C=O) groups is 2. The molecule has 0 bridgehead atoms. The van der Waals surface area contributed by atoms with Gasteiger partial charge in [-0.2, -0.15) is 0 Å². The second kappa shape index (κ2) is 7.58. The smallest absolute Gasteiger partial charge is 0.318 e. The van der Waals surface area contributed by atoms with Crippen molar-refractivity contribution in [3.05, 3.63) is 29.6 Å². The van der Waals surface area contributed by atoms with Gasteiger partial charge in [0.15, 0.2) is 6.10 Å². The van der Waals surface area contributed by atoms with Crippen molar-refractivity contribution >= 4 is 11.9 Å². The quantitative estimate of drug-likeness (QED) is 0.741. The average molecular weight is 297 g/mol. The highest BCUT2D eigenvalue weighted by atomic mass is 19.1. The third kappa shape index (κ3) is 5.03. The van der Waals surface area contributed by atoms with E-state index in [2.05, 4.69) is 5.32 Å². The number of nitrogens with two attached hydrogens (primary N) is 1. The Morgan fingerprint density at radius 2 is 2.05 bits per heavy atom. The van der Waals surface area contributed by atoms with Crippen LogP contribution in [0.15, 0.2) is 18.2 Å². The molecule has 0 fully saturated rings. The highest BCUT2D eigenvalue weighted by Crippen LogP contribution is 2.27.